The largest absolute Gasteiger partial charge is 0.279 e. The summed E-state index contributed by atoms with van der Waals surface area (Å²) in [5.41, 5.74) is 1.44. The van der Waals surface area contributed by atoms with Crippen molar-refractivity contribution in [1.82, 2.24) is 19.2 Å². The second-order valence-electron chi connectivity index (χ2n) is 5.52. The van der Waals surface area contributed by atoms with Crippen molar-refractivity contribution in [3.63, 3.8) is 0 Å². The van der Waals surface area contributed by atoms with Crippen LogP contribution in [0, 0.1) is 5.82 Å². The zero-order valence-corrected chi connectivity index (χ0v) is 14.7. The topological polar surface area (TPSA) is 52.2 Å². The minimum Gasteiger partial charge on any atom is -0.279 e. The van der Waals surface area contributed by atoms with Gasteiger partial charge in [0.25, 0.3) is 5.56 Å². The molecule has 2 heterocycles. The summed E-state index contributed by atoms with van der Waals surface area (Å²) in [6.45, 7) is 0. The van der Waals surface area contributed by atoms with Gasteiger partial charge in [-0.1, -0.05) is 41.6 Å². The first-order valence-electron chi connectivity index (χ1n) is 7.46. The number of aromatic nitrogens is 4. The van der Waals surface area contributed by atoms with E-state index < -0.39 is 0 Å². The number of hydrogen-bond acceptors (Lipinski definition) is 4. The molecule has 0 atom stereocenters. The lowest BCUT2D eigenvalue weighted by Crippen LogP contribution is -2.20. The Hall–Kier alpha value is -2.38. The number of aryl methyl sites for hydroxylation is 1. The molecule has 25 heavy (non-hydrogen) atoms. The van der Waals surface area contributed by atoms with Gasteiger partial charge in [0, 0.05) is 17.8 Å². The molecule has 8 heteroatoms. The Morgan fingerprint density at radius 3 is 2.80 bits per heavy atom. The fraction of sp³-hybridized carbons (Fsp3) is 0.118. The summed E-state index contributed by atoms with van der Waals surface area (Å²) in [6.07, 6.45) is 0. The maximum Gasteiger partial charge on any atom is 0.262 e. The van der Waals surface area contributed by atoms with Crippen LogP contribution in [0.1, 0.15) is 5.56 Å². The average Bonchev–Trinajstić information content (AvgIpc) is 3.03. The quantitative estimate of drug-likeness (QED) is 0.513. The molecule has 0 spiro atoms. The van der Waals surface area contributed by atoms with Crippen molar-refractivity contribution >= 4 is 40.0 Å². The molecular weight excluding hydrogens is 363 g/mol. The summed E-state index contributed by atoms with van der Waals surface area (Å²) < 4.78 is 16.5. The van der Waals surface area contributed by atoms with E-state index in [1.54, 1.807) is 19.2 Å². The molecule has 0 saturated heterocycles. The highest BCUT2D eigenvalue weighted by atomic mass is 35.5. The second-order valence-corrected chi connectivity index (χ2v) is 6.87. The average molecular weight is 375 g/mol. The van der Waals surface area contributed by atoms with Crippen LogP contribution in [-0.2, 0) is 12.8 Å². The van der Waals surface area contributed by atoms with E-state index >= 15 is 0 Å². The van der Waals surface area contributed by atoms with Crippen LogP contribution in [0.3, 0.4) is 0 Å². The van der Waals surface area contributed by atoms with E-state index in [1.165, 1.54) is 28.5 Å². The third-order valence-electron chi connectivity index (χ3n) is 3.97. The van der Waals surface area contributed by atoms with Crippen LogP contribution in [0.25, 0.3) is 16.7 Å². The van der Waals surface area contributed by atoms with E-state index in [9.17, 15) is 9.18 Å². The van der Waals surface area contributed by atoms with Crippen molar-refractivity contribution in [2.75, 3.05) is 0 Å². The van der Waals surface area contributed by atoms with Gasteiger partial charge in [0.1, 0.15) is 5.82 Å². The number of thioether (sulfide) groups is 1. The minimum absolute atomic E-state index is 0.117. The molecule has 2 aromatic heterocycles. The lowest BCUT2D eigenvalue weighted by molar-refractivity contribution is 0.627. The van der Waals surface area contributed by atoms with E-state index in [2.05, 4.69) is 10.2 Å². The van der Waals surface area contributed by atoms with Gasteiger partial charge in [-0.05, 0) is 29.8 Å². The molecule has 0 aliphatic rings. The van der Waals surface area contributed by atoms with Gasteiger partial charge >= 0.3 is 0 Å². The molecule has 5 nitrogen and oxygen atoms in total. The number of rotatable bonds is 3. The minimum atomic E-state index is -0.368. The van der Waals surface area contributed by atoms with Crippen molar-refractivity contribution in [1.29, 1.82) is 0 Å². The smallest absolute Gasteiger partial charge is 0.262 e. The highest BCUT2D eigenvalue weighted by Crippen LogP contribution is 2.27. The lowest BCUT2D eigenvalue weighted by atomic mass is 10.2. The van der Waals surface area contributed by atoms with Crippen LogP contribution in [0.4, 0.5) is 4.39 Å². The zero-order valence-electron chi connectivity index (χ0n) is 13.1. The molecule has 0 aliphatic heterocycles. The van der Waals surface area contributed by atoms with Gasteiger partial charge in [0.05, 0.1) is 10.9 Å². The number of halogens is 2. The van der Waals surface area contributed by atoms with Gasteiger partial charge in [0.15, 0.2) is 5.16 Å². The van der Waals surface area contributed by atoms with Gasteiger partial charge in [-0.25, -0.2) is 4.39 Å². The summed E-state index contributed by atoms with van der Waals surface area (Å²) in [6, 6.07) is 11.7. The highest BCUT2D eigenvalue weighted by molar-refractivity contribution is 7.98. The van der Waals surface area contributed by atoms with E-state index in [-0.39, 0.29) is 11.4 Å². The standard InChI is InChI=1S/C17H12ClFN4OS/c1-22-15(24)12-4-2-3-5-14(12)23-16(22)20-21-17(23)25-9-10-6-7-11(19)8-13(10)18/h2-8H,9H2,1H3. The first kappa shape index (κ1) is 16.1. The Kier molecular flexibility index (Phi) is 3.97. The van der Waals surface area contributed by atoms with Crippen molar-refractivity contribution < 1.29 is 4.39 Å². The maximum absolute atomic E-state index is 13.2. The summed E-state index contributed by atoms with van der Waals surface area (Å²) in [7, 11) is 1.67. The lowest BCUT2D eigenvalue weighted by Gasteiger charge is -2.08. The first-order valence-corrected chi connectivity index (χ1v) is 8.82. The van der Waals surface area contributed by atoms with E-state index in [0.717, 1.165) is 11.1 Å². The second kappa shape index (κ2) is 6.16. The van der Waals surface area contributed by atoms with Gasteiger partial charge in [-0.3, -0.25) is 13.8 Å². The molecule has 0 amide bonds. The molecule has 126 valence electrons. The predicted octanol–water partition coefficient (Wildman–Crippen LogP) is 3.67. The van der Waals surface area contributed by atoms with Crippen LogP contribution in [0.2, 0.25) is 5.02 Å². The van der Waals surface area contributed by atoms with Crippen LogP contribution in [0.5, 0.6) is 0 Å². The van der Waals surface area contributed by atoms with Crippen LogP contribution in [-0.4, -0.2) is 19.2 Å². The zero-order chi connectivity index (χ0) is 17.6. The highest BCUT2D eigenvalue weighted by Gasteiger charge is 2.15. The number of fused-ring (bicyclic) bond motifs is 3. The third-order valence-corrected chi connectivity index (χ3v) is 5.30. The van der Waals surface area contributed by atoms with Crippen LogP contribution >= 0.6 is 23.4 Å². The summed E-state index contributed by atoms with van der Waals surface area (Å²) in [5, 5.41) is 9.96. The number of para-hydroxylation sites is 1. The summed E-state index contributed by atoms with van der Waals surface area (Å²) in [5.74, 6) is 0.612. The molecule has 0 N–H and O–H groups in total. The van der Waals surface area contributed by atoms with Crippen molar-refractivity contribution in [2.45, 2.75) is 10.9 Å². The number of nitrogens with zero attached hydrogens (tertiary/aromatic N) is 4. The van der Waals surface area contributed by atoms with Gasteiger partial charge in [0.2, 0.25) is 5.78 Å². The summed E-state index contributed by atoms with van der Waals surface area (Å²) in [4.78, 5) is 12.4. The fourth-order valence-electron chi connectivity index (χ4n) is 2.69. The molecule has 0 aliphatic carbocycles. The van der Waals surface area contributed by atoms with Crippen molar-refractivity contribution in [2.24, 2.45) is 7.05 Å². The molecule has 4 rings (SSSR count). The van der Waals surface area contributed by atoms with Crippen LogP contribution < -0.4 is 5.56 Å². The Morgan fingerprint density at radius 2 is 2.00 bits per heavy atom. The maximum atomic E-state index is 13.2. The molecule has 0 radical (unpaired) electrons. The monoisotopic (exact) mass is 374 g/mol. The molecule has 0 saturated carbocycles. The predicted molar refractivity (Wildman–Crippen MR) is 96.7 cm³/mol. The molecule has 0 bridgehead atoms. The molecule has 0 unspecified atom stereocenters. The molecule has 0 fully saturated rings. The summed E-state index contributed by atoms with van der Waals surface area (Å²) >= 11 is 7.51. The number of hydrogen-bond donors (Lipinski definition) is 0. The van der Waals surface area contributed by atoms with Gasteiger partial charge in [-0.2, -0.15) is 0 Å². The Bertz CT molecular complexity index is 1170. The third kappa shape index (κ3) is 2.69. The Balaban J connectivity index is 1.82. The molecular formula is C17H12ClFN4OS. The first-order chi connectivity index (χ1) is 12.1. The van der Waals surface area contributed by atoms with Crippen LogP contribution in [0.15, 0.2) is 52.4 Å². The molecule has 4 aromatic rings. The van der Waals surface area contributed by atoms with Crippen molar-refractivity contribution in [3.05, 3.63) is 69.2 Å². The van der Waals surface area contributed by atoms with Crippen molar-refractivity contribution in [3.8, 4) is 0 Å². The SMILES string of the molecule is Cn1c(=O)c2ccccc2n2c(SCc3ccc(F)cc3Cl)nnc12. The fourth-order valence-corrected chi connectivity index (χ4v) is 3.94. The molecule has 2 aromatic carbocycles. The van der Waals surface area contributed by atoms with E-state index in [0.29, 0.717) is 27.1 Å². The van der Waals surface area contributed by atoms with E-state index in [1.807, 2.05) is 22.6 Å². The Labute approximate surface area is 151 Å². The van der Waals surface area contributed by atoms with E-state index in [4.69, 9.17) is 11.6 Å². The van der Waals surface area contributed by atoms with Gasteiger partial charge < -0.3 is 0 Å². The Morgan fingerprint density at radius 1 is 1.20 bits per heavy atom. The van der Waals surface area contributed by atoms with Gasteiger partial charge in [-0.15, -0.1) is 10.2 Å². The number of benzene rings is 2. The normalized spacial score (nSPS) is 11.5.